The number of para-hydroxylation sites is 1. The molecule has 0 unspecified atom stereocenters. The summed E-state index contributed by atoms with van der Waals surface area (Å²) in [6.07, 6.45) is 3.84. The first-order valence-electron chi connectivity index (χ1n) is 9.16. The van der Waals surface area contributed by atoms with Gasteiger partial charge in [-0.05, 0) is 23.9 Å². The SMILES string of the molecule is CN=C1S/C(=C\c2cn(CC(=O)N3CCOCC3)c3ccccc23)C(=O)N1C. The zero-order valence-electron chi connectivity index (χ0n) is 15.9. The van der Waals surface area contributed by atoms with Crippen LogP contribution >= 0.6 is 11.8 Å². The van der Waals surface area contributed by atoms with Crippen LogP contribution < -0.4 is 0 Å². The van der Waals surface area contributed by atoms with Crippen molar-refractivity contribution in [2.45, 2.75) is 6.54 Å². The second kappa shape index (κ2) is 7.81. The molecule has 3 heterocycles. The van der Waals surface area contributed by atoms with E-state index in [1.807, 2.05) is 46.0 Å². The van der Waals surface area contributed by atoms with Crippen molar-refractivity contribution in [3.05, 3.63) is 40.9 Å². The lowest BCUT2D eigenvalue weighted by atomic mass is 10.1. The lowest BCUT2D eigenvalue weighted by molar-refractivity contribution is -0.135. The number of thioether (sulfide) groups is 1. The van der Waals surface area contributed by atoms with Crippen molar-refractivity contribution in [3.63, 3.8) is 0 Å². The number of carbonyl (C=O) groups excluding carboxylic acids is 2. The number of likely N-dealkylation sites (N-methyl/N-ethyl adjacent to an activating group) is 1. The van der Waals surface area contributed by atoms with Gasteiger partial charge in [-0.15, -0.1) is 0 Å². The average molecular weight is 398 g/mol. The number of amides is 2. The first-order valence-corrected chi connectivity index (χ1v) is 9.98. The number of morpholine rings is 1. The predicted molar refractivity (Wildman–Crippen MR) is 111 cm³/mol. The molecule has 2 aliphatic heterocycles. The number of amidine groups is 1. The van der Waals surface area contributed by atoms with Gasteiger partial charge < -0.3 is 14.2 Å². The van der Waals surface area contributed by atoms with Crippen LogP contribution in [0.2, 0.25) is 0 Å². The number of hydrogen-bond acceptors (Lipinski definition) is 5. The van der Waals surface area contributed by atoms with Crippen LogP contribution in [0.4, 0.5) is 0 Å². The summed E-state index contributed by atoms with van der Waals surface area (Å²) < 4.78 is 7.29. The number of ether oxygens (including phenoxy) is 1. The van der Waals surface area contributed by atoms with E-state index in [2.05, 4.69) is 4.99 Å². The molecule has 146 valence electrons. The van der Waals surface area contributed by atoms with Gasteiger partial charge >= 0.3 is 0 Å². The largest absolute Gasteiger partial charge is 0.378 e. The Balaban J connectivity index is 1.66. The zero-order valence-corrected chi connectivity index (χ0v) is 16.7. The smallest absolute Gasteiger partial charge is 0.266 e. The van der Waals surface area contributed by atoms with E-state index >= 15 is 0 Å². The third kappa shape index (κ3) is 3.45. The molecule has 2 amide bonds. The number of aromatic nitrogens is 1. The quantitative estimate of drug-likeness (QED) is 0.742. The fraction of sp³-hybridized carbons (Fsp3) is 0.350. The van der Waals surface area contributed by atoms with Gasteiger partial charge in [-0.25, -0.2) is 0 Å². The van der Waals surface area contributed by atoms with Gasteiger partial charge in [-0.1, -0.05) is 18.2 Å². The topological polar surface area (TPSA) is 67.1 Å². The number of rotatable bonds is 3. The summed E-state index contributed by atoms with van der Waals surface area (Å²) in [6, 6.07) is 7.94. The van der Waals surface area contributed by atoms with Crippen LogP contribution in [0.25, 0.3) is 17.0 Å². The van der Waals surface area contributed by atoms with Crippen molar-refractivity contribution in [1.29, 1.82) is 0 Å². The first-order chi connectivity index (χ1) is 13.6. The summed E-state index contributed by atoms with van der Waals surface area (Å²) in [4.78, 5) is 33.3. The summed E-state index contributed by atoms with van der Waals surface area (Å²) >= 11 is 1.37. The highest BCUT2D eigenvalue weighted by molar-refractivity contribution is 8.18. The van der Waals surface area contributed by atoms with Crippen LogP contribution in [0.5, 0.6) is 0 Å². The van der Waals surface area contributed by atoms with Gasteiger partial charge in [0.1, 0.15) is 6.54 Å². The van der Waals surface area contributed by atoms with E-state index < -0.39 is 0 Å². The molecule has 2 fully saturated rings. The number of hydrogen-bond donors (Lipinski definition) is 0. The number of aliphatic imine (C=N–C) groups is 1. The van der Waals surface area contributed by atoms with Crippen LogP contribution in [-0.4, -0.2) is 71.7 Å². The highest BCUT2D eigenvalue weighted by Crippen LogP contribution is 2.33. The van der Waals surface area contributed by atoms with E-state index in [0.717, 1.165) is 16.5 Å². The third-order valence-electron chi connectivity index (χ3n) is 4.97. The average Bonchev–Trinajstić information content (AvgIpc) is 3.21. The molecule has 0 spiro atoms. The molecule has 0 bridgehead atoms. The molecule has 1 aromatic heterocycles. The van der Waals surface area contributed by atoms with E-state index in [1.165, 1.54) is 11.8 Å². The van der Waals surface area contributed by atoms with Crippen LogP contribution in [0.1, 0.15) is 5.56 Å². The van der Waals surface area contributed by atoms with Crippen LogP contribution in [0, 0.1) is 0 Å². The van der Waals surface area contributed by atoms with E-state index in [1.54, 1.807) is 19.0 Å². The summed E-state index contributed by atoms with van der Waals surface area (Å²) in [5.74, 6) is 0.0153. The maximum Gasteiger partial charge on any atom is 0.266 e. The molecule has 2 saturated heterocycles. The van der Waals surface area contributed by atoms with Gasteiger partial charge in [-0.3, -0.25) is 19.5 Å². The lowest BCUT2D eigenvalue weighted by Gasteiger charge is -2.27. The number of nitrogens with zero attached hydrogens (tertiary/aromatic N) is 4. The summed E-state index contributed by atoms with van der Waals surface area (Å²) in [6.45, 7) is 2.71. The summed E-state index contributed by atoms with van der Waals surface area (Å²) in [5, 5.41) is 1.70. The van der Waals surface area contributed by atoms with Crippen molar-refractivity contribution >= 4 is 45.7 Å². The van der Waals surface area contributed by atoms with Crippen molar-refractivity contribution in [2.24, 2.45) is 4.99 Å². The molecule has 2 aliphatic rings. The molecule has 4 rings (SSSR count). The molecule has 0 radical (unpaired) electrons. The van der Waals surface area contributed by atoms with Gasteiger partial charge in [0.25, 0.3) is 5.91 Å². The molecule has 8 heteroatoms. The minimum atomic E-state index is -0.0631. The van der Waals surface area contributed by atoms with E-state index in [0.29, 0.717) is 36.4 Å². The molecule has 7 nitrogen and oxygen atoms in total. The monoisotopic (exact) mass is 398 g/mol. The standard InChI is InChI=1S/C20H22N4O3S/c1-21-20-22(2)19(26)17(28-20)11-14-12-24(16-6-4-3-5-15(14)16)13-18(25)23-7-9-27-10-8-23/h3-6,11-12H,7-10,13H2,1-2H3/b17-11-,21-20?. The minimum absolute atomic E-state index is 0.0631. The fourth-order valence-corrected chi connectivity index (χ4v) is 4.39. The van der Waals surface area contributed by atoms with E-state index in [4.69, 9.17) is 4.74 Å². The van der Waals surface area contributed by atoms with E-state index in [-0.39, 0.29) is 18.4 Å². The van der Waals surface area contributed by atoms with Crippen LogP contribution in [0.3, 0.4) is 0 Å². The number of carbonyl (C=O) groups is 2. The van der Waals surface area contributed by atoms with Crippen LogP contribution in [-0.2, 0) is 20.9 Å². The minimum Gasteiger partial charge on any atom is -0.378 e. The second-order valence-electron chi connectivity index (χ2n) is 6.70. The molecule has 0 N–H and O–H groups in total. The number of benzene rings is 1. The van der Waals surface area contributed by atoms with Crippen molar-refractivity contribution in [2.75, 3.05) is 40.4 Å². The maximum absolute atomic E-state index is 12.7. The van der Waals surface area contributed by atoms with Gasteiger partial charge in [0.05, 0.1) is 18.1 Å². The van der Waals surface area contributed by atoms with Gasteiger partial charge in [0, 0.05) is 49.8 Å². The Morgan fingerprint density at radius 1 is 1.29 bits per heavy atom. The third-order valence-corrected chi connectivity index (χ3v) is 6.12. The molecular formula is C20H22N4O3S. The number of fused-ring (bicyclic) bond motifs is 1. The molecular weight excluding hydrogens is 376 g/mol. The van der Waals surface area contributed by atoms with Gasteiger partial charge in [0.15, 0.2) is 5.17 Å². The van der Waals surface area contributed by atoms with Crippen molar-refractivity contribution in [1.82, 2.24) is 14.4 Å². The Morgan fingerprint density at radius 3 is 2.75 bits per heavy atom. The molecule has 1 aromatic carbocycles. The summed E-state index contributed by atoms with van der Waals surface area (Å²) in [7, 11) is 3.40. The Morgan fingerprint density at radius 2 is 2.04 bits per heavy atom. The summed E-state index contributed by atoms with van der Waals surface area (Å²) in [5.41, 5.74) is 1.90. The zero-order chi connectivity index (χ0) is 19.7. The highest BCUT2D eigenvalue weighted by Gasteiger charge is 2.30. The Bertz CT molecular complexity index is 988. The molecule has 0 aliphatic carbocycles. The Hall–Kier alpha value is -2.58. The fourth-order valence-electron chi connectivity index (χ4n) is 3.47. The molecule has 0 saturated carbocycles. The molecule has 28 heavy (non-hydrogen) atoms. The van der Waals surface area contributed by atoms with Gasteiger partial charge in [-0.2, -0.15) is 0 Å². The second-order valence-corrected chi connectivity index (χ2v) is 7.71. The Labute approximate surface area is 167 Å². The molecule has 2 aromatic rings. The highest BCUT2D eigenvalue weighted by atomic mass is 32.2. The predicted octanol–water partition coefficient (Wildman–Crippen LogP) is 2.03. The first kappa shape index (κ1) is 18.8. The van der Waals surface area contributed by atoms with E-state index in [9.17, 15) is 9.59 Å². The Kier molecular flexibility index (Phi) is 5.23. The maximum atomic E-state index is 12.7. The molecule has 0 atom stereocenters. The van der Waals surface area contributed by atoms with Crippen LogP contribution in [0.15, 0.2) is 40.4 Å². The van der Waals surface area contributed by atoms with Gasteiger partial charge in [0.2, 0.25) is 5.91 Å². The normalized spacial score (nSPS) is 20.7. The lowest BCUT2D eigenvalue weighted by Crippen LogP contribution is -2.42. The van der Waals surface area contributed by atoms with Crippen molar-refractivity contribution in [3.8, 4) is 0 Å². The van der Waals surface area contributed by atoms with Crippen molar-refractivity contribution < 1.29 is 14.3 Å².